The lowest BCUT2D eigenvalue weighted by Crippen LogP contribution is -2.06. The van der Waals surface area contributed by atoms with Gasteiger partial charge in [-0.3, -0.25) is 0 Å². The van der Waals surface area contributed by atoms with E-state index in [-0.39, 0.29) is 11.9 Å². The van der Waals surface area contributed by atoms with Gasteiger partial charge in [0.2, 0.25) is 0 Å². The first-order chi connectivity index (χ1) is 12.4. The van der Waals surface area contributed by atoms with Crippen LogP contribution in [0.5, 0.6) is 17.2 Å². The molecular weight excluding hydrogens is 398 g/mol. The van der Waals surface area contributed by atoms with Crippen molar-refractivity contribution >= 4 is 15.9 Å². The quantitative estimate of drug-likeness (QED) is 0.586. The van der Waals surface area contributed by atoms with Crippen LogP contribution in [0.1, 0.15) is 19.5 Å². The van der Waals surface area contributed by atoms with Crippen LogP contribution in [0.25, 0.3) is 22.5 Å². The Morgan fingerprint density at radius 2 is 1.85 bits per heavy atom. The summed E-state index contributed by atoms with van der Waals surface area (Å²) in [4.78, 5) is 0. The Morgan fingerprint density at radius 3 is 2.46 bits per heavy atom. The SMILES string of the molecule is COc1ccc(-c2c(C)noc2-c2cc(Br)c(OC(C)C)cc2O)cc1. The molecule has 2 aromatic carbocycles. The van der Waals surface area contributed by atoms with Crippen LogP contribution in [0.3, 0.4) is 0 Å². The number of aryl methyl sites for hydroxylation is 1. The minimum Gasteiger partial charge on any atom is -0.507 e. The summed E-state index contributed by atoms with van der Waals surface area (Å²) in [6.07, 6.45) is -0.000987. The molecule has 5 nitrogen and oxygen atoms in total. The van der Waals surface area contributed by atoms with E-state index in [0.717, 1.165) is 27.0 Å². The van der Waals surface area contributed by atoms with Crippen molar-refractivity contribution in [1.29, 1.82) is 0 Å². The van der Waals surface area contributed by atoms with Crippen LogP contribution in [0.4, 0.5) is 0 Å². The highest BCUT2D eigenvalue weighted by Gasteiger charge is 2.21. The molecule has 3 aromatic rings. The molecule has 0 atom stereocenters. The average molecular weight is 418 g/mol. The van der Waals surface area contributed by atoms with Gasteiger partial charge in [-0.05, 0) is 60.5 Å². The molecule has 0 amide bonds. The summed E-state index contributed by atoms with van der Waals surface area (Å²) >= 11 is 3.50. The summed E-state index contributed by atoms with van der Waals surface area (Å²) in [7, 11) is 1.63. The summed E-state index contributed by atoms with van der Waals surface area (Å²) in [5.41, 5.74) is 3.03. The lowest BCUT2D eigenvalue weighted by atomic mass is 9.99. The first kappa shape index (κ1) is 18.3. The first-order valence-electron chi connectivity index (χ1n) is 8.21. The predicted molar refractivity (Wildman–Crippen MR) is 104 cm³/mol. The molecule has 0 unspecified atom stereocenters. The topological polar surface area (TPSA) is 64.7 Å². The molecular formula is C20H20BrNO4. The highest BCUT2D eigenvalue weighted by molar-refractivity contribution is 9.10. The zero-order valence-corrected chi connectivity index (χ0v) is 16.6. The van der Waals surface area contributed by atoms with Crippen LogP contribution >= 0.6 is 15.9 Å². The van der Waals surface area contributed by atoms with Crippen LogP contribution < -0.4 is 9.47 Å². The number of nitrogens with zero attached hydrogens (tertiary/aromatic N) is 1. The molecule has 0 saturated heterocycles. The van der Waals surface area contributed by atoms with Crippen molar-refractivity contribution < 1.29 is 19.1 Å². The van der Waals surface area contributed by atoms with Crippen LogP contribution in [-0.4, -0.2) is 23.5 Å². The van der Waals surface area contributed by atoms with Crippen molar-refractivity contribution in [1.82, 2.24) is 5.16 Å². The van der Waals surface area contributed by atoms with E-state index in [1.807, 2.05) is 45.0 Å². The summed E-state index contributed by atoms with van der Waals surface area (Å²) < 4.78 is 17.2. The summed E-state index contributed by atoms with van der Waals surface area (Å²) in [5.74, 6) is 1.91. The molecule has 1 aromatic heterocycles. The van der Waals surface area contributed by atoms with Crippen LogP contribution in [0.2, 0.25) is 0 Å². The highest BCUT2D eigenvalue weighted by Crippen LogP contribution is 2.43. The smallest absolute Gasteiger partial charge is 0.178 e. The number of rotatable bonds is 5. The maximum Gasteiger partial charge on any atom is 0.178 e. The zero-order valence-electron chi connectivity index (χ0n) is 15.0. The van der Waals surface area contributed by atoms with Gasteiger partial charge in [-0.1, -0.05) is 17.3 Å². The number of halogens is 1. The molecule has 136 valence electrons. The Hall–Kier alpha value is -2.47. The molecule has 3 rings (SSSR count). The number of phenolic OH excluding ortho intramolecular Hbond substituents is 1. The highest BCUT2D eigenvalue weighted by atomic mass is 79.9. The molecule has 6 heteroatoms. The average Bonchev–Trinajstić information content (AvgIpc) is 2.99. The van der Waals surface area contributed by atoms with E-state index in [0.29, 0.717) is 17.1 Å². The summed E-state index contributed by atoms with van der Waals surface area (Å²) in [6, 6.07) is 11.0. The molecule has 0 saturated carbocycles. The van der Waals surface area contributed by atoms with Crippen LogP contribution in [-0.2, 0) is 0 Å². The number of hydrogen-bond acceptors (Lipinski definition) is 5. The molecule has 0 spiro atoms. The molecule has 1 N–H and O–H groups in total. The number of phenols is 1. The van der Waals surface area contributed by atoms with Crippen molar-refractivity contribution in [3.05, 3.63) is 46.6 Å². The van der Waals surface area contributed by atoms with Gasteiger partial charge in [0.15, 0.2) is 5.76 Å². The monoisotopic (exact) mass is 417 g/mol. The molecule has 0 aliphatic rings. The third-order valence-corrected chi connectivity index (χ3v) is 4.52. The molecule has 26 heavy (non-hydrogen) atoms. The van der Waals surface area contributed by atoms with Gasteiger partial charge in [0.1, 0.15) is 17.2 Å². The van der Waals surface area contributed by atoms with Gasteiger partial charge in [0.05, 0.1) is 34.5 Å². The number of hydrogen-bond donors (Lipinski definition) is 1. The lowest BCUT2D eigenvalue weighted by Gasteiger charge is -2.13. The summed E-state index contributed by atoms with van der Waals surface area (Å²) in [5, 5.41) is 14.6. The minimum atomic E-state index is -0.000987. The third-order valence-electron chi connectivity index (χ3n) is 3.90. The van der Waals surface area contributed by atoms with E-state index in [9.17, 15) is 5.11 Å². The molecule has 1 heterocycles. The molecule has 0 aliphatic carbocycles. The number of methoxy groups -OCH3 is 1. The van der Waals surface area contributed by atoms with E-state index in [2.05, 4.69) is 21.1 Å². The Bertz CT molecular complexity index is 916. The minimum absolute atomic E-state index is 0.000987. The van der Waals surface area contributed by atoms with Crippen molar-refractivity contribution in [2.75, 3.05) is 7.11 Å². The Labute approximate surface area is 160 Å². The number of aromatic nitrogens is 1. The van der Waals surface area contributed by atoms with E-state index < -0.39 is 0 Å². The predicted octanol–water partition coefficient (Wildman–Crippen LogP) is 5.58. The summed E-state index contributed by atoms with van der Waals surface area (Å²) in [6.45, 7) is 5.73. The number of ether oxygens (including phenoxy) is 2. The maximum atomic E-state index is 10.5. The van der Waals surface area contributed by atoms with E-state index >= 15 is 0 Å². The van der Waals surface area contributed by atoms with Gasteiger partial charge >= 0.3 is 0 Å². The first-order valence-corrected chi connectivity index (χ1v) is 9.00. The fourth-order valence-corrected chi connectivity index (χ4v) is 3.16. The third kappa shape index (κ3) is 3.55. The largest absolute Gasteiger partial charge is 0.507 e. The number of aromatic hydroxyl groups is 1. The molecule has 0 radical (unpaired) electrons. The van der Waals surface area contributed by atoms with Gasteiger partial charge in [-0.25, -0.2) is 0 Å². The van der Waals surface area contributed by atoms with Crippen molar-refractivity contribution in [2.45, 2.75) is 26.9 Å². The van der Waals surface area contributed by atoms with Gasteiger partial charge in [-0.15, -0.1) is 0 Å². The molecule has 0 fully saturated rings. The Balaban J connectivity index is 2.09. The van der Waals surface area contributed by atoms with Crippen molar-refractivity contribution in [3.8, 4) is 39.7 Å². The number of benzene rings is 2. The second-order valence-corrected chi connectivity index (χ2v) is 7.02. The maximum absolute atomic E-state index is 10.5. The normalized spacial score (nSPS) is 11.0. The fraction of sp³-hybridized carbons (Fsp3) is 0.250. The van der Waals surface area contributed by atoms with E-state index in [4.69, 9.17) is 14.0 Å². The van der Waals surface area contributed by atoms with Crippen LogP contribution in [0, 0.1) is 6.92 Å². The van der Waals surface area contributed by atoms with E-state index in [1.165, 1.54) is 0 Å². The Morgan fingerprint density at radius 1 is 1.15 bits per heavy atom. The Kier molecular flexibility index (Phi) is 5.23. The van der Waals surface area contributed by atoms with Crippen molar-refractivity contribution in [3.63, 3.8) is 0 Å². The zero-order chi connectivity index (χ0) is 18.8. The van der Waals surface area contributed by atoms with Crippen molar-refractivity contribution in [2.24, 2.45) is 0 Å². The lowest BCUT2D eigenvalue weighted by molar-refractivity contribution is 0.240. The van der Waals surface area contributed by atoms with Gasteiger partial charge in [-0.2, -0.15) is 0 Å². The second kappa shape index (κ2) is 7.41. The standard InChI is InChI=1S/C20H20BrNO4/c1-11(2)25-18-10-17(23)15(9-16(18)21)20-19(12(3)22-26-20)13-5-7-14(24-4)8-6-13/h5-11,23H,1-4H3. The van der Waals surface area contributed by atoms with Gasteiger partial charge < -0.3 is 19.1 Å². The molecule has 0 aliphatic heterocycles. The fourth-order valence-electron chi connectivity index (χ4n) is 2.72. The van der Waals surface area contributed by atoms with Gasteiger partial charge in [0.25, 0.3) is 0 Å². The van der Waals surface area contributed by atoms with Crippen LogP contribution in [0.15, 0.2) is 45.4 Å². The molecule has 0 bridgehead atoms. The second-order valence-electron chi connectivity index (χ2n) is 6.17. The van der Waals surface area contributed by atoms with Gasteiger partial charge in [0, 0.05) is 6.07 Å². The van der Waals surface area contributed by atoms with E-state index in [1.54, 1.807) is 19.2 Å².